The van der Waals surface area contributed by atoms with Crippen LogP contribution in [-0.4, -0.2) is 45.6 Å². The minimum atomic E-state index is -4.71. The predicted molar refractivity (Wildman–Crippen MR) is 88.7 cm³/mol. The number of hydrogen-bond acceptors (Lipinski definition) is 4. The van der Waals surface area contributed by atoms with Gasteiger partial charge in [0.2, 0.25) is 11.6 Å². The van der Waals surface area contributed by atoms with Crippen molar-refractivity contribution in [3.05, 3.63) is 47.3 Å². The maximum atomic E-state index is 13.7. The van der Waals surface area contributed by atoms with Crippen LogP contribution in [0.25, 0.3) is 0 Å². The summed E-state index contributed by atoms with van der Waals surface area (Å²) in [5.41, 5.74) is 0.612. The summed E-state index contributed by atoms with van der Waals surface area (Å²) in [7, 11) is 0. The van der Waals surface area contributed by atoms with Crippen molar-refractivity contribution in [1.29, 1.82) is 0 Å². The lowest BCUT2D eigenvalue weighted by Gasteiger charge is -2.27. The van der Waals surface area contributed by atoms with Gasteiger partial charge in [-0.05, 0) is 23.6 Å². The monoisotopic (exact) mass is 405 g/mol. The van der Waals surface area contributed by atoms with Crippen molar-refractivity contribution < 1.29 is 22.4 Å². The zero-order chi connectivity index (χ0) is 18.5. The molecule has 3 atom stereocenters. The van der Waals surface area contributed by atoms with Gasteiger partial charge in [0.25, 0.3) is 5.91 Å². The van der Waals surface area contributed by atoms with Crippen molar-refractivity contribution in [2.24, 2.45) is 11.8 Å². The number of fused-ring (bicyclic) bond motifs is 1. The molecule has 2 aromatic rings. The van der Waals surface area contributed by atoms with Crippen LogP contribution >= 0.6 is 12.4 Å². The first-order valence-electron chi connectivity index (χ1n) is 8.11. The van der Waals surface area contributed by atoms with Crippen LogP contribution in [0.3, 0.4) is 0 Å². The van der Waals surface area contributed by atoms with Gasteiger partial charge in [0.05, 0.1) is 6.04 Å². The van der Waals surface area contributed by atoms with Gasteiger partial charge in [0, 0.05) is 25.6 Å². The van der Waals surface area contributed by atoms with Crippen LogP contribution in [0.15, 0.2) is 24.3 Å². The number of aromatic nitrogens is 3. The van der Waals surface area contributed by atoms with E-state index < -0.39 is 35.6 Å². The zero-order valence-corrected chi connectivity index (χ0v) is 14.6. The standard InChI is InChI=1S/C16H15F4N5O.ClH/c17-10-3-1-2-8(4-10)12-11-6-21-5-9(11)7-25(12)14(26)13-22-15(24-23-13)16(18,19)20;/h1-4,9,11-12,21H,5-7H2,(H,22,23,24);1H/t9-,11-,12+;/m0./s1. The summed E-state index contributed by atoms with van der Waals surface area (Å²) in [5.74, 6) is -2.77. The van der Waals surface area contributed by atoms with E-state index in [9.17, 15) is 22.4 Å². The molecule has 4 rings (SSSR count). The summed E-state index contributed by atoms with van der Waals surface area (Å²) in [6, 6.07) is 5.49. The number of hydrogen-bond donors (Lipinski definition) is 2. The second-order valence-electron chi connectivity index (χ2n) is 6.54. The SMILES string of the molecule is Cl.O=C(c1n[nH]c(C(F)(F)F)n1)N1C[C@@H]2CNC[C@@H]2[C@H]1c1cccc(F)c1. The summed E-state index contributed by atoms with van der Waals surface area (Å²) in [4.78, 5) is 17.5. The highest BCUT2D eigenvalue weighted by molar-refractivity contribution is 5.91. The molecule has 1 aromatic carbocycles. The number of amides is 1. The molecule has 1 amide bonds. The smallest absolute Gasteiger partial charge is 0.328 e. The number of nitrogens with zero attached hydrogens (tertiary/aromatic N) is 3. The Kier molecular flexibility index (Phi) is 5.13. The molecule has 2 fully saturated rings. The minimum absolute atomic E-state index is 0. The van der Waals surface area contributed by atoms with Gasteiger partial charge in [0.15, 0.2) is 0 Å². The lowest BCUT2D eigenvalue weighted by atomic mass is 9.89. The van der Waals surface area contributed by atoms with E-state index in [1.807, 2.05) is 0 Å². The molecule has 0 unspecified atom stereocenters. The van der Waals surface area contributed by atoms with Crippen LogP contribution in [-0.2, 0) is 6.18 Å². The van der Waals surface area contributed by atoms with Crippen molar-refractivity contribution in [3.8, 4) is 0 Å². The number of carbonyl (C=O) groups excluding carboxylic acids is 1. The first-order chi connectivity index (χ1) is 12.3. The fraction of sp³-hybridized carbons (Fsp3) is 0.438. The van der Waals surface area contributed by atoms with Crippen LogP contribution in [0.2, 0.25) is 0 Å². The number of alkyl halides is 3. The molecule has 27 heavy (non-hydrogen) atoms. The molecule has 146 valence electrons. The Morgan fingerprint density at radius 2 is 2.04 bits per heavy atom. The number of likely N-dealkylation sites (tertiary alicyclic amines) is 1. The number of rotatable bonds is 2. The molecule has 2 aliphatic rings. The van der Waals surface area contributed by atoms with Crippen molar-refractivity contribution in [2.45, 2.75) is 12.2 Å². The van der Waals surface area contributed by atoms with Crippen LogP contribution in [0, 0.1) is 17.7 Å². The molecule has 11 heteroatoms. The van der Waals surface area contributed by atoms with Crippen molar-refractivity contribution >= 4 is 18.3 Å². The maximum Gasteiger partial charge on any atom is 0.451 e. The molecular weight excluding hydrogens is 390 g/mol. The Morgan fingerprint density at radius 1 is 1.26 bits per heavy atom. The number of nitrogens with one attached hydrogen (secondary N) is 2. The predicted octanol–water partition coefficient (Wildman–Crippen LogP) is 2.42. The Labute approximate surface area is 157 Å². The summed E-state index contributed by atoms with van der Waals surface area (Å²) in [6.45, 7) is 1.70. The molecule has 0 radical (unpaired) electrons. The van der Waals surface area contributed by atoms with Gasteiger partial charge in [-0.3, -0.25) is 9.89 Å². The second-order valence-corrected chi connectivity index (χ2v) is 6.54. The quantitative estimate of drug-likeness (QED) is 0.753. The number of benzene rings is 1. The Hall–Kier alpha value is -2.20. The Bertz CT molecular complexity index is 842. The Balaban J connectivity index is 0.00000210. The van der Waals surface area contributed by atoms with Gasteiger partial charge in [-0.1, -0.05) is 12.1 Å². The first-order valence-corrected chi connectivity index (χ1v) is 8.11. The first kappa shape index (κ1) is 19.6. The fourth-order valence-corrected chi connectivity index (χ4v) is 3.86. The van der Waals surface area contributed by atoms with Gasteiger partial charge >= 0.3 is 6.18 Å². The average molecular weight is 406 g/mol. The van der Waals surface area contributed by atoms with Gasteiger partial charge in [-0.25, -0.2) is 4.39 Å². The molecule has 2 saturated heterocycles. The largest absolute Gasteiger partial charge is 0.451 e. The molecule has 0 bridgehead atoms. The van der Waals surface area contributed by atoms with E-state index in [0.29, 0.717) is 25.2 Å². The van der Waals surface area contributed by atoms with E-state index in [1.54, 1.807) is 17.2 Å². The molecule has 2 N–H and O–H groups in total. The third-order valence-corrected chi connectivity index (χ3v) is 4.96. The number of aromatic amines is 1. The van der Waals surface area contributed by atoms with E-state index >= 15 is 0 Å². The van der Waals surface area contributed by atoms with Gasteiger partial charge in [-0.15, -0.1) is 17.5 Å². The fourth-order valence-electron chi connectivity index (χ4n) is 3.86. The number of halogens is 5. The van der Waals surface area contributed by atoms with Gasteiger partial charge in [0.1, 0.15) is 5.82 Å². The van der Waals surface area contributed by atoms with Gasteiger partial charge < -0.3 is 10.2 Å². The lowest BCUT2D eigenvalue weighted by Crippen LogP contribution is -2.35. The second kappa shape index (κ2) is 7.08. The minimum Gasteiger partial charge on any atom is -0.328 e. The van der Waals surface area contributed by atoms with Crippen molar-refractivity contribution in [3.63, 3.8) is 0 Å². The van der Waals surface area contributed by atoms with Crippen molar-refractivity contribution in [2.75, 3.05) is 19.6 Å². The summed E-state index contributed by atoms with van der Waals surface area (Å²) < 4.78 is 51.8. The topological polar surface area (TPSA) is 73.9 Å². The van der Waals surface area contributed by atoms with Gasteiger partial charge in [-0.2, -0.15) is 18.2 Å². The molecule has 0 saturated carbocycles. The van der Waals surface area contributed by atoms with E-state index in [2.05, 4.69) is 15.4 Å². The highest BCUT2D eigenvalue weighted by atomic mass is 35.5. The van der Waals surface area contributed by atoms with Crippen molar-refractivity contribution in [1.82, 2.24) is 25.4 Å². The van der Waals surface area contributed by atoms with E-state index in [0.717, 1.165) is 0 Å². The number of H-pyrrole nitrogens is 1. The van der Waals surface area contributed by atoms with Crippen LogP contribution < -0.4 is 5.32 Å². The molecule has 6 nitrogen and oxygen atoms in total. The molecule has 2 aliphatic heterocycles. The normalized spacial score (nSPS) is 24.6. The third kappa shape index (κ3) is 3.51. The van der Waals surface area contributed by atoms with Crippen LogP contribution in [0.4, 0.5) is 17.6 Å². The zero-order valence-electron chi connectivity index (χ0n) is 13.8. The molecule has 3 heterocycles. The number of carbonyl (C=O) groups is 1. The van der Waals surface area contributed by atoms with E-state index in [1.165, 1.54) is 17.0 Å². The van der Waals surface area contributed by atoms with E-state index in [-0.39, 0.29) is 24.2 Å². The highest BCUT2D eigenvalue weighted by Gasteiger charge is 2.48. The lowest BCUT2D eigenvalue weighted by molar-refractivity contribution is -0.144. The highest BCUT2D eigenvalue weighted by Crippen LogP contribution is 2.43. The molecule has 0 spiro atoms. The Morgan fingerprint density at radius 3 is 2.70 bits per heavy atom. The van der Waals surface area contributed by atoms with E-state index in [4.69, 9.17) is 0 Å². The van der Waals surface area contributed by atoms with Crippen LogP contribution in [0.5, 0.6) is 0 Å². The third-order valence-electron chi connectivity index (χ3n) is 4.96. The van der Waals surface area contributed by atoms with Crippen LogP contribution in [0.1, 0.15) is 28.0 Å². The average Bonchev–Trinajstić information content (AvgIpc) is 3.28. The summed E-state index contributed by atoms with van der Waals surface area (Å²) in [6.07, 6.45) is -4.71. The summed E-state index contributed by atoms with van der Waals surface area (Å²) >= 11 is 0. The molecule has 1 aromatic heterocycles. The molecule has 0 aliphatic carbocycles. The molecular formula is C16H16ClF4N5O. The maximum absolute atomic E-state index is 13.7. The summed E-state index contributed by atoms with van der Waals surface area (Å²) in [5, 5.41) is 8.43.